The van der Waals surface area contributed by atoms with E-state index in [1.165, 1.54) is 19.2 Å². The van der Waals surface area contributed by atoms with Crippen LogP contribution in [0.25, 0.3) is 0 Å². The monoisotopic (exact) mass is 433 g/mol. The van der Waals surface area contributed by atoms with Crippen molar-refractivity contribution in [2.24, 2.45) is 0 Å². The lowest BCUT2D eigenvalue weighted by Crippen LogP contribution is -2.18. The van der Waals surface area contributed by atoms with Gasteiger partial charge in [-0.1, -0.05) is 12.1 Å². The molecule has 2 aromatic rings. The first kappa shape index (κ1) is 21.8. The topological polar surface area (TPSA) is 109 Å². The molecule has 0 N–H and O–H groups in total. The molecule has 1 unspecified atom stereocenters. The standard InChI is InChI=1S/C21H23NO7S/c1-13-10-18(14(2)22(13)15-8-9-30(26,27)12-15)19(23)11-29-21(25)17-7-5-4-6-16(17)20(24)28-3/h4-7,10,15H,8-9,11-12H2,1-3H3. The van der Waals surface area contributed by atoms with Gasteiger partial charge in [-0.3, -0.25) is 4.79 Å². The minimum absolute atomic E-state index is 0.0128. The van der Waals surface area contributed by atoms with Crippen molar-refractivity contribution in [1.29, 1.82) is 0 Å². The maximum atomic E-state index is 12.7. The summed E-state index contributed by atoms with van der Waals surface area (Å²) in [5.41, 5.74) is 1.87. The van der Waals surface area contributed by atoms with E-state index in [2.05, 4.69) is 4.74 Å². The van der Waals surface area contributed by atoms with Gasteiger partial charge in [0.15, 0.2) is 16.4 Å². The number of benzene rings is 1. The molecule has 1 aromatic carbocycles. The number of carbonyl (C=O) groups is 3. The quantitative estimate of drug-likeness (QED) is 0.508. The molecule has 0 bridgehead atoms. The Kier molecular flexibility index (Phi) is 6.12. The molecule has 160 valence electrons. The summed E-state index contributed by atoms with van der Waals surface area (Å²) in [5, 5.41) is 0. The van der Waals surface area contributed by atoms with E-state index in [9.17, 15) is 22.8 Å². The predicted molar refractivity (Wildman–Crippen MR) is 109 cm³/mol. The number of nitrogens with zero attached hydrogens (tertiary/aromatic N) is 1. The van der Waals surface area contributed by atoms with E-state index in [1.54, 1.807) is 25.1 Å². The van der Waals surface area contributed by atoms with Crippen LogP contribution in [0, 0.1) is 13.8 Å². The summed E-state index contributed by atoms with van der Waals surface area (Å²) in [4.78, 5) is 36.9. The van der Waals surface area contributed by atoms with Gasteiger partial charge in [0.05, 0.1) is 29.7 Å². The highest BCUT2D eigenvalue weighted by molar-refractivity contribution is 7.91. The van der Waals surface area contributed by atoms with Crippen molar-refractivity contribution in [2.45, 2.75) is 26.3 Å². The zero-order valence-electron chi connectivity index (χ0n) is 17.0. The molecule has 1 aromatic heterocycles. The van der Waals surface area contributed by atoms with Crippen LogP contribution in [-0.2, 0) is 19.3 Å². The largest absolute Gasteiger partial charge is 0.465 e. The smallest absolute Gasteiger partial charge is 0.339 e. The van der Waals surface area contributed by atoms with Crippen LogP contribution < -0.4 is 0 Å². The number of hydrogen-bond acceptors (Lipinski definition) is 7. The molecule has 8 nitrogen and oxygen atoms in total. The van der Waals surface area contributed by atoms with Gasteiger partial charge in [0, 0.05) is 23.0 Å². The molecule has 0 aliphatic carbocycles. The van der Waals surface area contributed by atoms with Crippen molar-refractivity contribution in [2.75, 3.05) is 25.2 Å². The number of hydrogen-bond donors (Lipinski definition) is 0. The van der Waals surface area contributed by atoms with Gasteiger partial charge in [-0.05, 0) is 38.5 Å². The molecule has 2 heterocycles. The molecular weight excluding hydrogens is 410 g/mol. The van der Waals surface area contributed by atoms with Crippen LogP contribution in [0.1, 0.15) is 54.9 Å². The lowest BCUT2D eigenvalue weighted by Gasteiger charge is -2.16. The maximum absolute atomic E-state index is 12.7. The van der Waals surface area contributed by atoms with Gasteiger partial charge in [0.2, 0.25) is 5.78 Å². The average Bonchev–Trinajstić information content (AvgIpc) is 3.22. The van der Waals surface area contributed by atoms with Gasteiger partial charge < -0.3 is 14.0 Å². The molecule has 1 fully saturated rings. The fraction of sp³-hybridized carbons (Fsp3) is 0.381. The number of Topliss-reactive ketones (excluding diaryl/α,β-unsaturated/α-hetero) is 1. The number of rotatable bonds is 6. The lowest BCUT2D eigenvalue weighted by molar-refractivity contribution is 0.0463. The normalized spacial score (nSPS) is 17.5. The van der Waals surface area contributed by atoms with Crippen LogP contribution in [-0.4, -0.2) is 55.9 Å². The number of methoxy groups -OCH3 is 1. The summed E-state index contributed by atoms with van der Waals surface area (Å²) >= 11 is 0. The number of esters is 2. The third kappa shape index (κ3) is 4.30. The Morgan fingerprint density at radius 2 is 1.70 bits per heavy atom. The van der Waals surface area contributed by atoms with Gasteiger partial charge in [-0.15, -0.1) is 0 Å². The van der Waals surface area contributed by atoms with Crippen LogP contribution in [0.3, 0.4) is 0 Å². The van der Waals surface area contributed by atoms with E-state index >= 15 is 0 Å². The molecule has 3 rings (SSSR count). The second-order valence-corrected chi connectivity index (χ2v) is 9.48. The lowest BCUT2D eigenvalue weighted by atomic mass is 10.1. The molecule has 0 spiro atoms. The van der Waals surface area contributed by atoms with Crippen LogP contribution in [0.4, 0.5) is 0 Å². The fourth-order valence-electron chi connectivity index (χ4n) is 3.84. The summed E-state index contributed by atoms with van der Waals surface area (Å²) in [6.45, 7) is 3.06. The van der Waals surface area contributed by atoms with E-state index < -0.39 is 34.2 Å². The first-order valence-electron chi connectivity index (χ1n) is 9.41. The number of sulfone groups is 1. The van der Waals surface area contributed by atoms with Gasteiger partial charge in [-0.2, -0.15) is 0 Å². The Bertz CT molecular complexity index is 1110. The van der Waals surface area contributed by atoms with E-state index in [4.69, 9.17) is 4.74 Å². The van der Waals surface area contributed by atoms with Gasteiger partial charge in [-0.25, -0.2) is 18.0 Å². The molecule has 1 atom stereocenters. The molecule has 1 aliphatic heterocycles. The first-order chi connectivity index (χ1) is 14.1. The molecule has 0 radical (unpaired) electrons. The third-order valence-corrected chi connectivity index (χ3v) is 7.00. The molecule has 9 heteroatoms. The Hall–Kier alpha value is -2.94. The number of ether oxygens (including phenoxy) is 2. The number of carbonyl (C=O) groups excluding carboxylic acids is 3. The predicted octanol–water partition coefficient (Wildman–Crippen LogP) is 2.29. The second-order valence-electron chi connectivity index (χ2n) is 7.25. The second kappa shape index (κ2) is 8.43. The van der Waals surface area contributed by atoms with Crippen molar-refractivity contribution in [1.82, 2.24) is 4.57 Å². The van der Waals surface area contributed by atoms with Crippen LogP contribution >= 0.6 is 0 Å². The summed E-state index contributed by atoms with van der Waals surface area (Å²) in [5.74, 6) is -1.70. The number of aromatic nitrogens is 1. The van der Waals surface area contributed by atoms with Crippen molar-refractivity contribution in [3.05, 3.63) is 58.4 Å². The summed E-state index contributed by atoms with van der Waals surface area (Å²) in [7, 11) is -1.86. The van der Waals surface area contributed by atoms with Crippen molar-refractivity contribution in [3.63, 3.8) is 0 Å². The van der Waals surface area contributed by atoms with Crippen LogP contribution in [0.2, 0.25) is 0 Å². The fourth-order valence-corrected chi connectivity index (χ4v) is 5.54. The van der Waals surface area contributed by atoms with Crippen LogP contribution in [0.15, 0.2) is 30.3 Å². The van der Waals surface area contributed by atoms with Crippen molar-refractivity contribution < 1.29 is 32.3 Å². The zero-order valence-corrected chi connectivity index (χ0v) is 17.8. The number of aryl methyl sites for hydroxylation is 1. The molecule has 0 amide bonds. The summed E-state index contributed by atoms with van der Waals surface area (Å²) in [6, 6.07) is 7.50. The van der Waals surface area contributed by atoms with Crippen LogP contribution in [0.5, 0.6) is 0 Å². The average molecular weight is 433 g/mol. The molecule has 30 heavy (non-hydrogen) atoms. The minimum atomic E-state index is -3.07. The highest BCUT2D eigenvalue weighted by atomic mass is 32.2. The van der Waals surface area contributed by atoms with E-state index in [0.717, 1.165) is 5.69 Å². The SMILES string of the molecule is COC(=O)c1ccccc1C(=O)OCC(=O)c1cc(C)n(C2CCS(=O)(=O)C2)c1C. The van der Waals surface area contributed by atoms with Crippen molar-refractivity contribution in [3.8, 4) is 0 Å². The Balaban J connectivity index is 1.74. The Labute approximate surface area is 174 Å². The van der Waals surface area contributed by atoms with Gasteiger partial charge in [0.1, 0.15) is 0 Å². The Morgan fingerprint density at radius 1 is 1.07 bits per heavy atom. The molecule has 1 saturated heterocycles. The maximum Gasteiger partial charge on any atom is 0.339 e. The summed E-state index contributed by atoms with van der Waals surface area (Å²) < 4.78 is 35.3. The highest BCUT2D eigenvalue weighted by Gasteiger charge is 2.32. The first-order valence-corrected chi connectivity index (χ1v) is 11.2. The van der Waals surface area contributed by atoms with E-state index in [1.807, 2.05) is 11.5 Å². The third-order valence-electron chi connectivity index (χ3n) is 5.24. The van der Waals surface area contributed by atoms with Gasteiger partial charge >= 0.3 is 11.9 Å². The molecule has 1 aliphatic rings. The zero-order chi connectivity index (χ0) is 22.1. The highest BCUT2D eigenvalue weighted by Crippen LogP contribution is 2.29. The van der Waals surface area contributed by atoms with E-state index in [-0.39, 0.29) is 28.7 Å². The molecular formula is C21H23NO7S. The van der Waals surface area contributed by atoms with E-state index in [0.29, 0.717) is 17.7 Å². The Morgan fingerprint density at radius 3 is 2.27 bits per heavy atom. The number of ketones is 1. The van der Waals surface area contributed by atoms with Crippen molar-refractivity contribution >= 4 is 27.6 Å². The minimum Gasteiger partial charge on any atom is -0.465 e. The summed E-state index contributed by atoms with van der Waals surface area (Å²) in [6.07, 6.45) is 0.506. The van der Waals surface area contributed by atoms with Gasteiger partial charge in [0.25, 0.3) is 0 Å². The molecule has 0 saturated carbocycles.